The Balaban J connectivity index is 0.000000880. The first-order valence-corrected chi connectivity index (χ1v) is 8.56. The molecule has 4 aromatic rings. The van der Waals surface area contributed by atoms with Crippen molar-refractivity contribution in [1.82, 2.24) is 15.0 Å². The lowest BCUT2D eigenvalue weighted by Crippen LogP contribution is -1.95. The largest absolute Gasteiger partial charge is 0.256 e. The molecular formula is C22H21N3. The number of fused-ring (bicyclic) bond motifs is 1. The molecule has 0 aliphatic heterocycles. The predicted octanol–water partition coefficient (Wildman–Crippen LogP) is 5.69. The van der Waals surface area contributed by atoms with E-state index in [0.29, 0.717) is 0 Å². The smallest absolute Gasteiger partial charge is 0.160 e. The molecule has 0 fully saturated rings. The minimum Gasteiger partial charge on any atom is -0.256 e. The number of para-hydroxylation sites is 1. The lowest BCUT2D eigenvalue weighted by atomic mass is 10.1. The standard InChI is InChI=1S/C20H15N3.C2H6/c1-14-13-19(23-20(22-14)15-7-3-2-4-8-15)17-11-12-21-18-10-6-5-9-16(17)18;1-2/h2-13H,1H3;1-2H3. The van der Waals surface area contributed by atoms with E-state index in [2.05, 4.69) is 16.0 Å². The van der Waals surface area contributed by atoms with Crippen LogP contribution in [0.25, 0.3) is 33.5 Å². The van der Waals surface area contributed by atoms with Gasteiger partial charge in [-0.1, -0.05) is 62.4 Å². The van der Waals surface area contributed by atoms with Gasteiger partial charge in [0, 0.05) is 28.4 Å². The molecule has 0 saturated heterocycles. The third-order valence-electron chi connectivity index (χ3n) is 3.81. The summed E-state index contributed by atoms with van der Waals surface area (Å²) in [5.74, 6) is 0.751. The summed E-state index contributed by atoms with van der Waals surface area (Å²) in [4.78, 5) is 13.8. The van der Waals surface area contributed by atoms with Crippen LogP contribution in [-0.4, -0.2) is 15.0 Å². The zero-order chi connectivity index (χ0) is 17.6. The average molecular weight is 327 g/mol. The first-order valence-electron chi connectivity index (χ1n) is 8.56. The predicted molar refractivity (Wildman–Crippen MR) is 104 cm³/mol. The molecular weight excluding hydrogens is 306 g/mol. The number of benzene rings is 2. The maximum Gasteiger partial charge on any atom is 0.160 e. The highest BCUT2D eigenvalue weighted by molar-refractivity contribution is 5.93. The number of aromatic nitrogens is 3. The Morgan fingerprint density at radius 1 is 0.760 bits per heavy atom. The molecule has 2 aromatic carbocycles. The van der Waals surface area contributed by atoms with Gasteiger partial charge in [0.1, 0.15) is 0 Å². The first-order chi connectivity index (χ1) is 12.3. The fraction of sp³-hybridized carbons (Fsp3) is 0.136. The van der Waals surface area contributed by atoms with Crippen LogP contribution in [0.3, 0.4) is 0 Å². The van der Waals surface area contributed by atoms with E-state index in [9.17, 15) is 0 Å². The highest BCUT2D eigenvalue weighted by atomic mass is 14.9. The second kappa shape index (κ2) is 7.67. The third kappa shape index (κ3) is 3.56. The molecule has 0 aliphatic carbocycles. The normalized spacial score (nSPS) is 10.2. The van der Waals surface area contributed by atoms with Crippen molar-refractivity contribution in [2.45, 2.75) is 20.8 Å². The van der Waals surface area contributed by atoms with E-state index in [-0.39, 0.29) is 0 Å². The van der Waals surface area contributed by atoms with Crippen LogP contribution in [0.4, 0.5) is 0 Å². The molecule has 0 saturated carbocycles. The molecule has 0 atom stereocenters. The number of rotatable bonds is 2. The van der Waals surface area contributed by atoms with Gasteiger partial charge >= 0.3 is 0 Å². The number of hydrogen-bond donors (Lipinski definition) is 0. The number of nitrogens with zero attached hydrogens (tertiary/aromatic N) is 3. The summed E-state index contributed by atoms with van der Waals surface area (Å²) in [6, 6.07) is 22.2. The van der Waals surface area contributed by atoms with Crippen LogP contribution in [-0.2, 0) is 0 Å². The lowest BCUT2D eigenvalue weighted by Gasteiger charge is -2.09. The van der Waals surface area contributed by atoms with E-state index < -0.39 is 0 Å². The summed E-state index contributed by atoms with van der Waals surface area (Å²) < 4.78 is 0. The maximum absolute atomic E-state index is 4.79. The third-order valence-corrected chi connectivity index (χ3v) is 3.81. The molecule has 25 heavy (non-hydrogen) atoms. The number of pyridine rings is 1. The van der Waals surface area contributed by atoms with Crippen LogP contribution in [0.5, 0.6) is 0 Å². The Labute approximate surface area is 148 Å². The summed E-state index contributed by atoms with van der Waals surface area (Å²) in [6.07, 6.45) is 1.83. The molecule has 0 spiro atoms. The zero-order valence-corrected chi connectivity index (χ0v) is 14.8. The Hall–Kier alpha value is -3.07. The van der Waals surface area contributed by atoms with Crippen molar-refractivity contribution in [1.29, 1.82) is 0 Å². The summed E-state index contributed by atoms with van der Waals surface area (Å²) >= 11 is 0. The van der Waals surface area contributed by atoms with Crippen LogP contribution in [0.15, 0.2) is 72.9 Å². The Morgan fingerprint density at radius 2 is 1.48 bits per heavy atom. The van der Waals surface area contributed by atoms with Crippen LogP contribution in [0.1, 0.15) is 19.5 Å². The van der Waals surface area contributed by atoms with Gasteiger partial charge in [0.2, 0.25) is 0 Å². The van der Waals surface area contributed by atoms with Gasteiger partial charge in [-0.25, -0.2) is 9.97 Å². The van der Waals surface area contributed by atoms with Gasteiger partial charge < -0.3 is 0 Å². The minimum atomic E-state index is 0.751. The molecule has 0 N–H and O–H groups in total. The van der Waals surface area contributed by atoms with Crippen LogP contribution < -0.4 is 0 Å². The monoisotopic (exact) mass is 327 g/mol. The molecule has 0 aliphatic rings. The molecule has 0 amide bonds. The fourth-order valence-electron chi connectivity index (χ4n) is 2.74. The van der Waals surface area contributed by atoms with Crippen LogP contribution in [0.2, 0.25) is 0 Å². The Bertz CT molecular complexity index is 973. The van der Waals surface area contributed by atoms with E-state index in [0.717, 1.165) is 39.2 Å². The maximum atomic E-state index is 4.79. The van der Waals surface area contributed by atoms with Crippen LogP contribution >= 0.6 is 0 Å². The van der Waals surface area contributed by atoms with Gasteiger partial charge in [-0.3, -0.25) is 4.98 Å². The van der Waals surface area contributed by atoms with E-state index in [1.165, 1.54) is 0 Å². The van der Waals surface area contributed by atoms with E-state index >= 15 is 0 Å². The second-order valence-corrected chi connectivity index (χ2v) is 5.46. The summed E-state index contributed by atoms with van der Waals surface area (Å²) in [7, 11) is 0. The number of aryl methyl sites for hydroxylation is 1. The first kappa shape index (κ1) is 16.8. The zero-order valence-electron chi connectivity index (χ0n) is 14.8. The van der Waals surface area contributed by atoms with Gasteiger partial charge in [0.25, 0.3) is 0 Å². The van der Waals surface area contributed by atoms with Crippen molar-refractivity contribution in [3.63, 3.8) is 0 Å². The molecule has 0 unspecified atom stereocenters. The van der Waals surface area contributed by atoms with Crippen molar-refractivity contribution < 1.29 is 0 Å². The summed E-state index contributed by atoms with van der Waals surface area (Å²) in [5.41, 5.74) is 4.96. The van der Waals surface area contributed by atoms with Gasteiger partial charge in [0.05, 0.1) is 11.2 Å². The Kier molecular flexibility index (Phi) is 5.14. The molecule has 2 aromatic heterocycles. The SMILES string of the molecule is CC.Cc1cc(-c2ccnc3ccccc23)nc(-c2ccccc2)n1. The highest BCUT2D eigenvalue weighted by Crippen LogP contribution is 2.27. The highest BCUT2D eigenvalue weighted by Gasteiger charge is 2.09. The van der Waals surface area contributed by atoms with Gasteiger partial charge in [-0.15, -0.1) is 0 Å². The van der Waals surface area contributed by atoms with Gasteiger partial charge in [-0.05, 0) is 25.1 Å². The topological polar surface area (TPSA) is 38.7 Å². The Morgan fingerprint density at radius 3 is 2.28 bits per heavy atom. The van der Waals surface area contributed by atoms with E-state index in [1.807, 2.05) is 87.6 Å². The molecule has 3 nitrogen and oxygen atoms in total. The minimum absolute atomic E-state index is 0.751. The van der Waals surface area contributed by atoms with Gasteiger partial charge in [0.15, 0.2) is 5.82 Å². The quantitative estimate of drug-likeness (QED) is 0.474. The van der Waals surface area contributed by atoms with E-state index in [1.54, 1.807) is 0 Å². The summed E-state index contributed by atoms with van der Waals surface area (Å²) in [5, 5.41) is 1.10. The molecule has 4 rings (SSSR count). The van der Waals surface area contributed by atoms with Crippen LogP contribution in [0, 0.1) is 6.92 Å². The molecule has 0 bridgehead atoms. The van der Waals surface area contributed by atoms with Crippen molar-refractivity contribution in [2.24, 2.45) is 0 Å². The summed E-state index contributed by atoms with van der Waals surface area (Å²) in [6.45, 7) is 6.00. The second-order valence-electron chi connectivity index (χ2n) is 5.46. The number of hydrogen-bond acceptors (Lipinski definition) is 3. The van der Waals surface area contributed by atoms with Gasteiger partial charge in [-0.2, -0.15) is 0 Å². The molecule has 0 radical (unpaired) electrons. The molecule has 3 heteroatoms. The molecule has 2 heterocycles. The van der Waals surface area contributed by atoms with E-state index in [4.69, 9.17) is 4.98 Å². The van der Waals surface area contributed by atoms with Crippen molar-refractivity contribution >= 4 is 10.9 Å². The van der Waals surface area contributed by atoms with Crippen molar-refractivity contribution in [3.05, 3.63) is 78.6 Å². The average Bonchev–Trinajstić information content (AvgIpc) is 2.69. The lowest BCUT2D eigenvalue weighted by molar-refractivity contribution is 1.12. The van der Waals surface area contributed by atoms with Crippen molar-refractivity contribution in [2.75, 3.05) is 0 Å². The molecule has 124 valence electrons. The fourth-order valence-corrected chi connectivity index (χ4v) is 2.74. The van der Waals surface area contributed by atoms with Crippen molar-refractivity contribution in [3.8, 4) is 22.6 Å².